The summed E-state index contributed by atoms with van der Waals surface area (Å²) in [5, 5.41) is 2.89. The quantitative estimate of drug-likeness (QED) is 0.125. The van der Waals surface area contributed by atoms with E-state index >= 15 is 0 Å². The van der Waals surface area contributed by atoms with Crippen molar-refractivity contribution in [2.75, 3.05) is 34.0 Å². The lowest BCUT2D eigenvalue weighted by atomic mass is 9.80. The van der Waals surface area contributed by atoms with E-state index in [1.807, 2.05) is 39.0 Å². The van der Waals surface area contributed by atoms with E-state index in [0.717, 1.165) is 18.4 Å². The van der Waals surface area contributed by atoms with Crippen molar-refractivity contribution in [2.24, 2.45) is 40.6 Å². The van der Waals surface area contributed by atoms with Crippen LogP contribution in [0, 0.1) is 29.1 Å². The fourth-order valence-electron chi connectivity index (χ4n) is 4.94. The maximum atomic E-state index is 13.3. The summed E-state index contributed by atoms with van der Waals surface area (Å²) < 4.78 is 22.6. The third-order valence-electron chi connectivity index (χ3n) is 8.21. The molecule has 0 aromatic heterocycles. The smallest absolute Gasteiger partial charge is 0.306 e. The molecule has 0 spiro atoms. The van der Waals surface area contributed by atoms with Gasteiger partial charge in [0.2, 0.25) is 11.8 Å². The second kappa shape index (κ2) is 19.5. The van der Waals surface area contributed by atoms with E-state index < -0.39 is 29.4 Å². The molecule has 0 bridgehead atoms. The molecule has 10 nitrogen and oxygen atoms in total. The molecule has 0 unspecified atom stereocenters. The van der Waals surface area contributed by atoms with Crippen molar-refractivity contribution in [3.8, 4) is 11.5 Å². The summed E-state index contributed by atoms with van der Waals surface area (Å²) in [6.07, 6.45) is 2.68. The topological polar surface area (TPSA) is 152 Å². The number of rotatable bonds is 22. The lowest BCUT2D eigenvalue weighted by Crippen LogP contribution is -2.47. The largest absolute Gasteiger partial charge is 0.493 e. The van der Waals surface area contributed by atoms with Gasteiger partial charge in [-0.3, -0.25) is 14.4 Å². The van der Waals surface area contributed by atoms with Crippen LogP contribution >= 0.6 is 0 Å². The number of hydrogen-bond acceptors (Lipinski definition) is 8. The fourth-order valence-corrected chi connectivity index (χ4v) is 4.94. The third-order valence-corrected chi connectivity index (χ3v) is 8.21. The van der Waals surface area contributed by atoms with Crippen molar-refractivity contribution in [2.45, 2.75) is 99.1 Å². The summed E-state index contributed by atoms with van der Waals surface area (Å²) in [6, 6.07) is 5.48. The van der Waals surface area contributed by atoms with Crippen LogP contribution in [0.25, 0.3) is 0 Å². The van der Waals surface area contributed by atoms with Crippen molar-refractivity contribution in [3.05, 3.63) is 23.8 Å². The van der Waals surface area contributed by atoms with Crippen LogP contribution in [-0.4, -0.2) is 63.9 Å². The lowest BCUT2D eigenvalue weighted by molar-refractivity contribution is -0.153. The SMILES string of the molecule is CCCC(=O)O[C@@H](C[C@H](C(=O)NCC(C)(C)C(N)=O)C(C)C)[C@@H](N)C[C@H](Cc1ccc(OC)c(OCCCOC)c1)C(C)C. The first-order valence-corrected chi connectivity index (χ1v) is 16.0. The molecule has 252 valence electrons. The van der Waals surface area contributed by atoms with Crippen molar-refractivity contribution in [1.29, 1.82) is 0 Å². The number of carbonyl (C=O) groups is 3. The van der Waals surface area contributed by atoms with Gasteiger partial charge in [-0.05, 0) is 75.0 Å². The van der Waals surface area contributed by atoms with Gasteiger partial charge in [-0.2, -0.15) is 0 Å². The van der Waals surface area contributed by atoms with E-state index in [1.54, 1.807) is 28.1 Å². The molecule has 5 N–H and O–H groups in total. The van der Waals surface area contributed by atoms with E-state index in [9.17, 15) is 14.4 Å². The van der Waals surface area contributed by atoms with Gasteiger partial charge in [0, 0.05) is 45.1 Å². The first-order chi connectivity index (χ1) is 20.7. The Balaban J connectivity index is 3.16. The predicted octanol–water partition coefficient (Wildman–Crippen LogP) is 4.64. The van der Waals surface area contributed by atoms with Crippen LogP contribution in [-0.2, 0) is 30.3 Å². The Kier molecular flexibility index (Phi) is 17.4. The number of esters is 1. The molecular formula is C34H59N3O7. The lowest BCUT2D eigenvalue weighted by Gasteiger charge is -2.33. The highest BCUT2D eigenvalue weighted by Crippen LogP contribution is 2.32. The number of methoxy groups -OCH3 is 2. The summed E-state index contributed by atoms with van der Waals surface area (Å²) in [6.45, 7) is 14.8. The van der Waals surface area contributed by atoms with E-state index in [1.165, 1.54) is 0 Å². The zero-order valence-corrected chi connectivity index (χ0v) is 28.6. The standard InChI is InChI=1S/C34H59N3O7/c1-10-12-31(38)44-29(20-26(23(4)5)32(39)37-21-34(6,7)33(36)40)27(35)19-25(22(2)3)17-24-13-14-28(42-9)30(18-24)43-16-11-15-41-8/h13-14,18,22-23,25-27,29H,10-12,15-17,19-21,35H2,1-9H3,(H2,36,40)(H,37,39)/t25-,26-,27-,29-/m0/s1. The minimum absolute atomic E-state index is 0.0474. The van der Waals surface area contributed by atoms with Crippen LogP contribution in [0.5, 0.6) is 11.5 Å². The molecule has 0 radical (unpaired) electrons. The second-order valence-electron chi connectivity index (χ2n) is 13.1. The Bertz CT molecular complexity index is 1030. The summed E-state index contributed by atoms with van der Waals surface area (Å²) in [7, 11) is 3.29. The van der Waals surface area contributed by atoms with Crippen LogP contribution in [0.2, 0.25) is 0 Å². The highest BCUT2D eigenvalue weighted by molar-refractivity contribution is 5.83. The van der Waals surface area contributed by atoms with E-state index in [-0.39, 0.29) is 43.1 Å². The van der Waals surface area contributed by atoms with Crippen LogP contribution in [0.4, 0.5) is 0 Å². The molecule has 4 atom stereocenters. The Morgan fingerprint density at radius 2 is 1.66 bits per heavy atom. The first-order valence-electron chi connectivity index (χ1n) is 16.0. The molecule has 0 aliphatic carbocycles. The monoisotopic (exact) mass is 621 g/mol. The number of amides is 2. The van der Waals surface area contributed by atoms with E-state index in [0.29, 0.717) is 43.5 Å². The summed E-state index contributed by atoms with van der Waals surface area (Å²) in [5.41, 5.74) is 12.5. The number of ether oxygens (including phenoxy) is 4. The van der Waals surface area contributed by atoms with Crippen LogP contribution < -0.4 is 26.3 Å². The third kappa shape index (κ3) is 13.4. The number of primary amides is 1. The average molecular weight is 622 g/mol. The van der Waals surface area contributed by atoms with E-state index in [2.05, 4.69) is 19.2 Å². The molecular weight excluding hydrogens is 562 g/mol. The van der Waals surface area contributed by atoms with Crippen molar-refractivity contribution in [1.82, 2.24) is 5.32 Å². The number of benzene rings is 1. The molecule has 10 heteroatoms. The molecule has 2 amide bonds. The molecule has 44 heavy (non-hydrogen) atoms. The highest BCUT2D eigenvalue weighted by atomic mass is 16.5. The molecule has 0 heterocycles. The van der Waals surface area contributed by atoms with Gasteiger partial charge in [0.05, 0.1) is 19.1 Å². The molecule has 0 aliphatic rings. The average Bonchev–Trinajstić information content (AvgIpc) is 2.95. The van der Waals surface area contributed by atoms with Gasteiger partial charge in [0.1, 0.15) is 6.10 Å². The number of hydrogen-bond donors (Lipinski definition) is 3. The Morgan fingerprint density at radius 1 is 0.977 bits per heavy atom. The Morgan fingerprint density at radius 3 is 2.20 bits per heavy atom. The summed E-state index contributed by atoms with van der Waals surface area (Å²) in [4.78, 5) is 37.8. The molecule has 0 fully saturated rings. The minimum atomic E-state index is -0.888. The van der Waals surface area contributed by atoms with Gasteiger partial charge in [0.15, 0.2) is 11.5 Å². The Hall–Kier alpha value is -2.85. The minimum Gasteiger partial charge on any atom is -0.493 e. The van der Waals surface area contributed by atoms with Crippen molar-refractivity contribution < 1.29 is 33.3 Å². The van der Waals surface area contributed by atoms with Crippen LogP contribution in [0.3, 0.4) is 0 Å². The van der Waals surface area contributed by atoms with Gasteiger partial charge < -0.3 is 35.7 Å². The molecule has 1 aromatic rings. The van der Waals surface area contributed by atoms with Gasteiger partial charge in [-0.25, -0.2) is 0 Å². The first kappa shape index (κ1) is 39.2. The molecule has 0 saturated heterocycles. The van der Waals surface area contributed by atoms with Crippen LogP contribution in [0.15, 0.2) is 18.2 Å². The predicted molar refractivity (Wildman–Crippen MR) is 173 cm³/mol. The molecule has 0 saturated carbocycles. The second-order valence-corrected chi connectivity index (χ2v) is 13.1. The van der Waals surface area contributed by atoms with Crippen molar-refractivity contribution in [3.63, 3.8) is 0 Å². The van der Waals surface area contributed by atoms with Gasteiger partial charge in [-0.15, -0.1) is 0 Å². The van der Waals surface area contributed by atoms with Gasteiger partial charge >= 0.3 is 5.97 Å². The van der Waals surface area contributed by atoms with Gasteiger partial charge in [0.25, 0.3) is 0 Å². The zero-order chi connectivity index (χ0) is 33.4. The summed E-state index contributed by atoms with van der Waals surface area (Å²) in [5.74, 6) is 0.278. The van der Waals surface area contributed by atoms with Crippen LogP contribution in [0.1, 0.15) is 86.1 Å². The van der Waals surface area contributed by atoms with E-state index in [4.69, 9.17) is 30.4 Å². The molecule has 0 aliphatic heterocycles. The number of nitrogens with two attached hydrogens (primary N) is 2. The number of carbonyl (C=O) groups excluding carboxylic acids is 3. The maximum absolute atomic E-state index is 13.3. The fraction of sp³-hybridized carbons (Fsp3) is 0.735. The van der Waals surface area contributed by atoms with Gasteiger partial charge in [-0.1, -0.05) is 40.7 Å². The zero-order valence-electron chi connectivity index (χ0n) is 28.6. The molecule has 1 aromatic carbocycles. The summed E-state index contributed by atoms with van der Waals surface area (Å²) >= 11 is 0. The maximum Gasteiger partial charge on any atom is 0.306 e. The highest BCUT2D eigenvalue weighted by Gasteiger charge is 2.34. The number of nitrogens with one attached hydrogen (secondary N) is 1. The Labute approximate surface area is 265 Å². The normalized spacial score (nSPS) is 14.5. The molecule has 1 rings (SSSR count). The van der Waals surface area contributed by atoms with Crippen molar-refractivity contribution >= 4 is 17.8 Å².